The van der Waals surface area contributed by atoms with Crippen molar-refractivity contribution >= 4 is 5.91 Å². The maximum atomic E-state index is 12.1. The molecule has 1 aromatic heterocycles. The highest BCUT2D eigenvalue weighted by atomic mass is 16.3. The molecule has 0 radical (unpaired) electrons. The Bertz CT molecular complexity index is 425. The molecular weight excluding hydrogens is 266 g/mol. The van der Waals surface area contributed by atoms with Crippen LogP contribution in [-0.4, -0.2) is 55.0 Å². The fourth-order valence-corrected chi connectivity index (χ4v) is 2.78. The molecule has 0 aliphatic carbocycles. The number of piperidine rings is 1. The summed E-state index contributed by atoms with van der Waals surface area (Å²) in [6.45, 7) is 7.90. The van der Waals surface area contributed by atoms with E-state index in [1.807, 2.05) is 31.0 Å². The second-order valence-electron chi connectivity index (χ2n) is 5.88. The third kappa shape index (κ3) is 4.58. The van der Waals surface area contributed by atoms with Crippen molar-refractivity contribution in [2.24, 2.45) is 0 Å². The van der Waals surface area contributed by atoms with E-state index >= 15 is 0 Å². The number of hydrogen-bond donors (Lipinski definition) is 1. The van der Waals surface area contributed by atoms with Crippen molar-refractivity contribution < 1.29 is 9.21 Å². The molecule has 5 heteroatoms. The van der Waals surface area contributed by atoms with E-state index in [2.05, 4.69) is 17.1 Å². The molecule has 1 N–H and O–H groups in total. The normalized spacial score (nSPS) is 18.9. The zero-order chi connectivity index (χ0) is 15.2. The van der Waals surface area contributed by atoms with Gasteiger partial charge in [0.05, 0.1) is 18.8 Å². The Labute approximate surface area is 127 Å². The SMILES string of the molecule is CCN1CCC(NC(=O)CN(C)C(C)c2ccco2)CC1. The van der Waals surface area contributed by atoms with Crippen LogP contribution in [0.1, 0.15) is 38.5 Å². The Morgan fingerprint density at radius 2 is 2.24 bits per heavy atom. The summed E-state index contributed by atoms with van der Waals surface area (Å²) in [6, 6.07) is 4.25. The van der Waals surface area contributed by atoms with Crippen LogP contribution in [-0.2, 0) is 4.79 Å². The average Bonchev–Trinajstić information content (AvgIpc) is 3.01. The average molecular weight is 293 g/mol. The molecule has 2 rings (SSSR count). The summed E-state index contributed by atoms with van der Waals surface area (Å²) in [5.74, 6) is 0.993. The Balaban J connectivity index is 1.74. The maximum absolute atomic E-state index is 12.1. The van der Waals surface area contributed by atoms with Crippen LogP contribution in [0.4, 0.5) is 0 Å². The molecule has 1 aliphatic heterocycles. The van der Waals surface area contributed by atoms with Crippen LogP contribution >= 0.6 is 0 Å². The first-order valence-electron chi connectivity index (χ1n) is 7.85. The molecule has 5 nitrogen and oxygen atoms in total. The summed E-state index contributed by atoms with van der Waals surface area (Å²) in [7, 11) is 1.95. The van der Waals surface area contributed by atoms with Crippen LogP contribution in [0, 0.1) is 0 Å². The fraction of sp³-hybridized carbons (Fsp3) is 0.688. The van der Waals surface area contributed by atoms with Crippen molar-refractivity contribution in [3.8, 4) is 0 Å². The predicted molar refractivity (Wildman–Crippen MR) is 83.0 cm³/mol. The van der Waals surface area contributed by atoms with Crippen molar-refractivity contribution in [3.05, 3.63) is 24.2 Å². The van der Waals surface area contributed by atoms with Crippen molar-refractivity contribution in [2.75, 3.05) is 33.2 Å². The minimum Gasteiger partial charge on any atom is -0.468 e. The first kappa shape index (κ1) is 16.0. The van der Waals surface area contributed by atoms with Gasteiger partial charge >= 0.3 is 0 Å². The van der Waals surface area contributed by atoms with Gasteiger partial charge in [-0.25, -0.2) is 0 Å². The molecule has 1 amide bonds. The topological polar surface area (TPSA) is 48.7 Å². The Morgan fingerprint density at radius 1 is 1.52 bits per heavy atom. The lowest BCUT2D eigenvalue weighted by molar-refractivity contribution is -0.123. The molecule has 0 saturated carbocycles. The zero-order valence-electron chi connectivity index (χ0n) is 13.3. The number of likely N-dealkylation sites (N-methyl/N-ethyl adjacent to an activating group) is 1. The molecule has 1 saturated heterocycles. The van der Waals surface area contributed by atoms with Gasteiger partial charge in [0.1, 0.15) is 5.76 Å². The van der Waals surface area contributed by atoms with Crippen molar-refractivity contribution in [2.45, 2.75) is 38.8 Å². The highest BCUT2D eigenvalue weighted by Gasteiger charge is 2.21. The molecule has 0 aromatic carbocycles. The molecule has 118 valence electrons. The third-order valence-electron chi connectivity index (χ3n) is 4.41. The van der Waals surface area contributed by atoms with E-state index in [1.54, 1.807) is 6.26 Å². The van der Waals surface area contributed by atoms with Crippen LogP contribution in [0.3, 0.4) is 0 Å². The van der Waals surface area contributed by atoms with Gasteiger partial charge in [-0.3, -0.25) is 9.69 Å². The highest BCUT2D eigenvalue weighted by Crippen LogP contribution is 2.18. The fourth-order valence-electron chi connectivity index (χ4n) is 2.78. The monoisotopic (exact) mass is 293 g/mol. The van der Waals surface area contributed by atoms with Crippen molar-refractivity contribution in [1.29, 1.82) is 0 Å². The number of amides is 1. The molecule has 1 fully saturated rings. The van der Waals surface area contributed by atoms with E-state index in [4.69, 9.17) is 4.42 Å². The second-order valence-corrected chi connectivity index (χ2v) is 5.88. The molecule has 1 unspecified atom stereocenters. The van der Waals surface area contributed by atoms with Crippen LogP contribution in [0.2, 0.25) is 0 Å². The van der Waals surface area contributed by atoms with E-state index in [9.17, 15) is 4.79 Å². The van der Waals surface area contributed by atoms with Crippen molar-refractivity contribution in [1.82, 2.24) is 15.1 Å². The first-order chi connectivity index (χ1) is 10.1. The molecule has 1 aromatic rings. The van der Waals surface area contributed by atoms with Gasteiger partial charge in [-0.05, 0) is 45.5 Å². The Hall–Kier alpha value is -1.33. The van der Waals surface area contributed by atoms with E-state index in [0.29, 0.717) is 12.6 Å². The lowest BCUT2D eigenvalue weighted by Gasteiger charge is -2.32. The third-order valence-corrected chi connectivity index (χ3v) is 4.41. The molecule has 1 atom stereocenters. The molecular formula is C16H27N3O2. The number of carbonyl (C=O) groups is 1. The van der Waals surface area contributed by atoms with Crippen LogP contribution in [0.25, 0.3) is 0 Å². The minimum atomic E-state index is 0.103. The van der Waals surface area contributed by atoms with Gasteiger partial charge in [0.15, 0.2) is 0 Å². The van der Waals surface area contributed by atoms with Gasteiger partial charge in [-0.15, -0.1) is 0 Å². The zero-order valence-corrected chi connectivity index (χ0v) is 13.3. The largest absolute Gasteiger partial charge is 0.468 e. The summed E-state index contributed by atoms with van der Waals surface area (Å²) in [5.41, 5.74) is 0. The van der Waals surface area contributed by atoms with E-state index < -0.39 is 0 Å². The van der Waals surface area contributed by atoms with Gasteiger partial charge in [0, 0.05) is 19.1 Å². The highest BCUT2D eigenvalue weighted by molar-refractivity contribution is 5.78. The number of carbonyl (C=O) groups excluding carboxylic acids is 1. The number of hydrogen-bond acceptors (Lipinski definition) is 4. The minimum absolute atomic E-state index is 0.103. The molecule has 1 aliphatic rings. The summed E-state index contributed by atoms with van der Waals surface area (Å²) in [4.78, 5) is 16.6. The Kier molecular flexibility index (Phi) is 5.82. The molecule has 21 heavy (non-hydrogen) atoms. The summed E-state index contributed by atoms with van der Waals surface area (Å²) >= 11 is 0. The maximum Gasteiger partial charge on any atom is 0.234 e. The van der Waals surface area contributed by atoms with E-state index in [0.717, 1.165) is 38.2 Å². The van der Waals surface area contributed by atoms with Crippen molar-refractivity contribution in [3.63, 3.8) is 0 Å². The van der Waals surface area contributed by atoms with Crippen LogP contribution in [0.5, 0.6) is 0 Å². The number of likely N-dealkylation sites (tertiary alicyclic amines) is 1. The molecule has 0 bridgehead atoms. The second kappa shape index (κ2) is 7.61. The standard InChI is InChI=1S/C16H27N3O2/c1-4-19-9-7-14(8-10-19)17-16(20)12-18(3)13(2)15-6-5-11-21-15/h5-6,11,13-14H,4,7-10,12H2,1-3H3,(H,17,20). The van der Waals surface area contributed by atoms with E-state index in [-0.39, 0.29) is 11.9 Å². The van der Waals surface area contributed by atoms with Crippen LogP contribution in [0.15, 0.2) is 22.8 Å². The smallest absolute Gasteiger partial charge is 0.234 e. The van der Waals surface area contributed by atoms with Crippen LogP contribution < -0.4 is 5.32 Å². The number of nitrogens with one attached hydrogen (secondary N) is 1. The predicted octanol–water partition coefficient (Wildman–Crippen LogP) is 1.87. The number of nitrogens with zero attached hydrogens (tertiary/aromatic N) is 2. The number of furan rings is 1. The van der Waals surface area contributed by atoms with Gasteiger partial charge in [-0.2, -0.15) is 0 Å². The summed E-state index contributed by atoms with van der Waals surface area (Å²) in [6.07, 6.45) is 3.77. The first-order valence-corrected chi connectivity index (χ1v) is 7.85. The quantitative estimate of drug-likeness (QED) is 0.870. The number of rotatable bonds is 6. The lowest BCUT2D eigenvalue weighted by atomic mass is 10.1. The van der Waals surface area contributed by atoms with E-state index in [1.165, 1.54) is 0 Å². The summed E-state index contributed by atoms with van der Waals surface area (Å²) < 4.78 is 5.39. The van der Waals surface area contributed by atoms with Gasteiger partial charge < -0.3 is 14.6 Å². The van der Waals surface area contributed by atoms with Gasteiger partial charge in [-0.1, -0.05) is 6.92 Å². The lowest BCUT2D eigenvalue weighted by Crippen LogP contribution is -2.47. The summed E-state index contributed by atoms with van der Waals surface area (Å²) in [5, 5.41) is 3.16. The Morgan fingerprint density at radius 3 is 2.81 bits per heavy atom. The molecule has 2 heterocycles. The van der Waals surface area contributed by atoms with Gasteiger partial charge in [0.2, 0.25) is 5.91 Å². The molecule has 0 spiro atoms. The van der Waals surface area contributed by atoms with Gasteiger partial charge in [0.25, 0.3) is 0 Å².